The number of carboxylic acid groups (broad SMARTS) is 1. The molecule has 1 fully saturated rings. The largest absolute Gasteiger partial charge is 0.497 e. The molecule has 1 aliphatic rings. The summed E-state index contributed by atoms with van der Waals surface area (Å²) in [5.74, 6) is 0.811. The summed E-state index contributed by atoms with van der Waals surface area (Å²) in [7, 11) is 1.56. The Balaban J connectivity index is 1.43. The Morgan fingerprint density at radius 2 is 2.14 bits per heavy atom. The lowest BCUT2D eigenvalue weighted by atomic mass is 9.71. The number of pyridine rings is 1. The van der Waals surface area contributed by atoms with Crippen molar-refractivity contribution < 1.29 is 24.1 Å². The SMILES string of the molecule is COc1ccc2ncc(CF)c(C(O)CCC3(CC(=O)O)CCN(CCSc4cccs4)CC3)c2c1. The summed E-state index contributed by atoms with van der Waals surface area (Å²) in [6.45, 7) is 1.93. The molecule has 0 spiro atoms. The first-order chi connectivity index (χ1) is 17.4. The molecule has 3 aromatic rings. The van der Waals surface area contributed by atoms with Gasteiger partial charge in [-0.1, -0.05) is 6.07 Å². The van der Waals surface area contributed by atoms with E-state index in [1.54, 1.807) is 36.6 Å². The van der Waals surface area contributed by atoms with Crippen molar-refractivity contribution in [3.63, 3.8) is 0 Å². The Kier molecular flexibility index (Phi) is 9.22. The van der Waals surface area contributed by atoms with Crippen molar-refractivity contribution in [1.29, 1.82) is 0 Å². The molecule has 1 saturated heterocycles. The summed E-state index contributed by atoms with van der Waals surface area (Å²) in [6, 6.07) is 9.55. The van der Waals surface area contributed by atoms with Crippen molar-refractivity contribution in [1.82, 2.24) is 9.88 Å². The quantitative estimate of drug-likeness (QED) is 0.280. The number of likely N-dealkylation sites (tertiary alicyclic amines) is 1. The van der Waals surface area contributed by atoms with Gasteiger partial charge in [-0.15, -0.1) is 23.1 Å². The maximum atomic E-state index is 13.9. The van der Waals surface area contributed by atoms with Crippen LogP contribution in [0.25, 0.3) is 10.9 Å². The van der Waals surface area contributed by atoms with Gasteiger partial charge in [0.15, 0.2) is 0 Å². The summed E-state index contributed by atoms with van der Waals surface area (Å²) < 4.78 is 20.5. The highest BCUT2D eigenvalue weighted by atomic mass is 32.2. The fourth-order valence-electron chi connectivity index (χ4n) is 5.16. The zero-order valence-corrected chi connectivity index (χ0v) is 22.1. The standard InChI is InChI=1S/C27H33FN2O4S2/c1-34-20-4-5-22-21(15-20)26(19(17-28)18-29-22)23(31)6-7-27(16-24(32)33)8-10-30(11-9-27)12-14-36-25-3-2-13-35-25/h2-5,13,15,18,23,31H,6-12,14,16-17H2,1H3,(H,32,33). The molecular weight excluding hydrogens is 499 g/mol. The number of hydrogen-bond acceptors (Lipinski definition) is 7. The fraction of sp³-hybridized carbons (Fsp3) is 0.481. The number of methoxy groups -OCH3 is 1. The van der Waals surface area contributed by atoms with Crippen LogP contribution in [-0.4, -0.2) is 58.6 Å². The average molecular weight is 533 g/mol. The number of carboxylic acids is 1. The van der Waals surface area contributed by atoms with Crippen LogP contribution in [0.3, 0.4) is 0 Å². The van der Waals surface area contributed by atoms with Crippen LogP contribution >= 0.6 is 23.1 Å². The van der Waals surface area contributed by atoms with Gasteiger partial charge < -0.3 is 19.8 Å². The van der Waals surface area contributed by atoms with Crippen LogP contribution in [0.2, 0.25) is 0 Å². The number of aliphatic carboxylic acids is 1. The lowest BCUT2D eigenvalue weighted by Crippen LogP contribution is -2.42. The van der Waals surface area contributed by atoms with E-state index in [1.807, 2.05) is 11.8 Å². The number of thioether (sulfide) groups is 1. The molecule has 9 heteroatoms. The minimum absolute atomic E-state index is 0.0817. The predicted octanol–water partition coefficient (Wildman–Crippen LogP) is 5.94. The van der Waals surface area contributed by atoms with E-state index >= 15 is 0 Å². The second kappa shape index (κ2) is 12.4. The number of aromatic nitrogens is 1. The van der Waals surface area contributed by atoms with Crippen LogP contribution in [-0.2, 0) is 11.5 Å². The number of nitrogens with zero attached hydrogens (tertiary/aromatic N) is 2. The summed E-state index contributed by atoms with van der Waals surface area (Å²) in [6.07, 6.45) is 3.13. The van der Waals surface area contributed by atoms with Gasteiger partial charge in [-0.25, -0.2) is 4.39 Å². The van der Waals surface area contributed by atoms with E-state index in [0.29, 0.717) is 40.6 Å². The molecule has 0 bridgehead atoms. The van der Waals surface area contributed by atoms with Crippen LogP contribution in [0.1, 0.15) is 49.3 Å². The number of halogens is 1. The van der Waals surface area contributed by atoms with Gasteiger partial charge in [-0.05, 0) is 79.4 Å². The molecule has 3 heterocycles. The molecule has 0 saturated carbocycles. The second-order valence-electron chi connectivity index (χ2n) is 9.46. The first-order valence-corrected chi connectivity index (χ1v) is 14.1. The van der Waals surface area contributed by atoms with E-state index in [0.717, 1.165) is 38.2 Å². The topological polar surface area (TPSA) is 82.9 Å². The molecule has 1 aromatic carbocycles. The number of fused-ring (bicyclic) bond motifs is 1. The third-order valence-corrected chi connectivity index (χ3v) is 9.33. The number of ether oxygens (including phenoxy) is 1. The van der Waals surface area contributed by atoms with Crippen molar-refractivity contribution in [2.75, 3.05) is 32.5 Å². The number of rotatable bonds is 12. The molecule has 194 valence electrons. The molecule has 2 aromatic heterocycles. The molecule has 2 N–H and O–H groups in total. The Hall–Kier alpha value is -2.20. The van der Waals surface area contributed by atoms with Crippen molar-refractivity contribution in [2.24, 2.45) is 5.41 Å². The van der Waals surface area contributed by atoms with Crippen LogP contribution in [0, 0.1) is 5.41 Å². The molecule has 4 rings (SSSR count). The van der Waals surface area contributed by atoms with Gasteiger partial charge in [0.1, 0.15) is 12.4 Å². The van der Waals surface area contributed by atoms with E-state index < -0.39 is 18.7 Å². The van der Waals surface area contributed by atoms with E-state index in [4.69, 9.17) is 4.74 Å². The van der Waals surface area contributed by atoms with Gasteiger partial charge in [0.2, 0.25) is 0 Å². The number of benzene rings is 1. The van der Waals surface area contributed by atoms with E-state index in [-0.39, 0.29) is 11.8 Å². The summed E-state index contributed by atoms with van der Waals surface area (Å²) in [5.41, 5.74) is 1.17. The third-order valence-electron chi connectivity index (χ3n) is 7.21. The van der Waals surface area contributed by atoms with Crippen LogP contribution < -0.4 is 4.74 Å². The minimum Gasteiger partial charge on any atom is -0.497 e. The van der Waals surface area contributed by atoms with Crippen molar-refractivity contribution in [3.8, 4) is 5.75 Å². The lowest BCUT2D eigenvalue weighted by Gasteiger charge is -2.41. The van der Waals surface area contributed by atoms with Gasteiger partial charge in [0, 0.05) is 29.4 Å². The highest BCUT2D eigenvalue weighted by Gasteiger charge is 2.37. The average Bonchev–Trinajstić information content (AvgIpc) is 3.40. The number of carbonyl (C=O) groups is 1. The molecule has 36 heavy (non-hydrogen) atoms. The van der Waals surface area contributed by atoms with E-state index in [9.17, 15) is 19.4 Å². The fourth-order valence-corrected chi connectivity index (χ4v) is 7.02. The summed E-state index contributed by atoms with van der Waals surface area (Å²) >= 11 is 3.60. The Labute approximate surface area is 219 Å². The lowest BCUT2D eigenvalue weighted by molar-refractivity contribution is -0.141. The summed E-state index contributed by atoms with van der Waals surface area (Å²) in [4.78, 5) is 18.5. The molecule has 0 amide bonds. The van der Waals surface area contributed by atoms with Gasteiger partial charge in [-0.3, -0.25) is 9.78 Å². The van der Waals surface area contributed by atoms with Crippen molar-refractivity contribution in [2.45, 2.75) is 49.1 Å². The first kappa shape index (κ1) is 26.9. The number of thiophene rings is 1. The van der Waals surface area contributed by atoms with Crippen LogP contribution in [0.15, 0.2) is 46.1 Å². The monoisotopic (exact) mass is 532 g/mol. The Morgan fingerprint density at radius 3 is 2.81 bits per heavy atom. The van der Waals surface area contributed by atoms with Gasteiger partial charge in [0.25, 0.3) is 0 Å². The highest BCUT2D eigenvalue weighted by molar-refractivity contribution is 8.01. The molecule has 0 radical (unpaired) electrons. The number of aliphatic hydroxyl groups excluding tert-OH is 1. The molecule has 6 nitrogen and oxygen atoms in total. The first-order valence-electron chi connectivity index (χ1n) is 12.2. The maximum Gasteiger partial charge on any atom is 0.303 e. The Bertz CT molecular complexity index is 1140. The Morgan fingerprint density at radius 1 is 1.33 bits per heavy atom. The number of hydrogen-bond donors (Lipinski definition) is 2. The van der Waals surface area contributed by atoms with Crippen LogP contribution in [0.4, 0.5) is 4.39 Å². The van der Waals surface area contributed by atoms with Gasteiger partial charge >= 0.3 is 5.97 Å². The second-order valence-corrected chi connectivity index (χ2v) is 11.8. The molecule has 1 aliphatic heterocycles. The predicted molar refractivity (Wildman–Crippen MR) is 143 cm³/mol. The van der Waals surface area contributed by atoms with Crippen molar-refractivity contribution in [3.05, 3.63) is 53.0 Å². The van der Waals surface area contributed by atoms with E-state index in [2.05, 4.69) is 27.4 Å². The normalized spacial score (nSPS) is 16.8. The smallest absolute Gasteiger partial charge is 0.303 e. The molecule has 0 aliphatic carbocycles. The van der Waals surface area contributed by atoms with Crippen molar-refractivity contribution >= 4 is 40.0 Å². The number of alkyl halides is 1. The number of aliphatic hydroxyl groups is 1. The molecular formula is C27H33FN2O4S2. The highest BCUT2D eigenvalue weighted by Crippen LogP contribution is 2.42. The molecule has 1 atom stereocenters. The summed E-state index contributed by atoms with van der Waals surface area (Å²) in [5, 5.41) is 23.6. The zero-order chi connectivity index (χ0) is 25.5. The maximum absolute atomic E-state index is 13.9. The molecule has 1 unspecified atom stereocenters. The van der Waals surface area contributed by atoms with Gasteiger partial charge in [0.05, 0.1) is 29.4 Å². The zero-order valence-electron chi connectivity index (χ0n) is 20.5. The van der Waals surface area contributed by atoms with Gasteiger partial charge in [-0.2, -0.15) is 0 Å². The number of piperidine rings is 1. The third kappa shape index (κ3) is 6.56. The minimum atomic E-state index is -0.917. The van der Waals surface area contributed by atoms with Crippen LogP contribution in [0.5, 0.6) is 5.75 Å². The van der Waals surface area contributed by atoms with E-state index in [1.165, 1.54) is 10.4 Å².